The summed E-state index contributed by atoms with van der Waals surface area (Å²) in [5, 5.41) is 14.5. The number of nitrogens with zero attached hydrogens (tertiary/aromatic N) is 3. The molecule has 0 saturated carbocycles. The predicted octanol–water partition coefficient (Wildman–Crippen LogP) is 3.02. The van der Waals surface area contributed by atoms with Gasteiger partial charge in [0.1, 0.15) is 11.5 Å². The Labute approximate surface area is 158 Å². The number of benzene rings is 2. The maximum atomic E-state index is 12.0. The number of methoxy groups -OCH3 is 2. The van der Waals surface area contributed by atoms with Crippen LogP contribution < -0.4 is 9.47 Å². The third-order valence-electron chi connectivity index (χ3n) is 3.76. The summed E-state index contributed by atoms with van der Waals surface area (Å²) in [6, 6.07) is 10.2. The molecule has 1 heterocycles. The van der Waals surface area contributed by atoms with Gasteiger partial charge in [0.2, 0.25) is 5.82 Å². The van der Waals surface area contributed by atoms with Crippen LogP contribution >= 0.6 is 0 Å². The summed E-state index contributed by atoms with van der Waals surface area (Å²) >= 11 is 0. The Kier molecular flexibility index (Phi) is 5.49. The molecule has 0 aliphatic heterocycles. The minimum atomic E-state index is -0.670. The zero-order chi connectivity index (χ0) is 20.1. The van der Waals surface area contributed by atoms with E-state index in [2.05, 4.69) is 10.1 Å². The van der Waals surface area contributed by atoms with Crippen LogP contribution in [-0.4, -0.2) is 35.3 Å². The average Bonchev–Trinajstić information content (AvgIpc) is 3.20. The first-order chi connectivity index (χ1) is 13.5. The highest BCUT2D eigenvalue weighted by atomic mass is 16.6. The monoisotopic (exact) mass is 385 g/mol. The second-order valence-corrected chi connectivity index (χ2v) is 5.46. The Morgan fingerprint density at radius 1 is 1.14 bits per heavy atom. The fourth-order valence-corrected chi connectivity index (χ4v) is 2.34. The number of hydrogen-bond donors (Lipinski definition) is 0. The lowest BCUT2D eigenvalue weighted by atomic mass is 10.2. The van der Waals surface area contributed by atoms with Gasteiger partial charge in [-0.05, 0) is 24.3 Å². The molecule has 0 aliphatic carbocycles. The van der Waals surface area contributed by atoms with E-state index >= 15 is 0 Å². The van der Waals surface area contributed by atoms with Crippen molar-refractivity contribution in [3.63, 3.8) is 0 Å². The van der Waals surface area contributed by atoms with Gasteiger partial charge in [-0.15, -0.1) is 0 Å². The molecule has 0 amide bonds. The Bertz CT molecular complexity index is 999. The lowest BCUT2D eigenvalue weighted by molar-refractivity contribution is -0.384. The number of esters is 1. The molecule has 0 unspecified atom stereocenters. The first-order valence-electron chi connectivity index (χ1n) is 7.98. The molecule has 0 spiro atoms. The SMILES string of the molecule is COc1ccc(-c2noc(COC(=O)c3ccc([N+](=O)[O-])cc3)n2)c(OC)c1. The van der Waals surface area contributed by atoms with Crippen molar-refractivity contribution in [1.29, 1.82) is 0 Å². The van der Waals surface area contributed by atoms with E-state index in [4.69, 9.17) is 18.7 Å². The summed E-state index contributed by atoms with van der Waals surface area (Å²) in [5.74, 6) is 0.789. The second kappa shape index (κ2) is 8.16. The molecular formula is C18H15N3O7. The third kappa shape index (κ3) is 4.06. The fourth-order valence-electron chi connectivity index (χ4n) is 2.34. The minimum Gasteiger partial charge on any atom is -0.497 e. The topological polar surface area (TPSA) is 127 Å². The van der Waals surface area contributed by atoms with Gasteiger partial charge >= 0.3 is 5.97 Å². The molecule has 144 valence electrons. The maximum Gasteiger partial charge on any atom is 0.338 e. The molecule has 0 saturated heterocycles. The van der Waals surface area contributed by atoms with Crippen LogP contribution in [0.5, 0.6) is 11.5 Å². The molecule has 0 radical (unpaired) electrons. The quantitative estimate of drug-likeness (QED) is 0.342. The zero-order valence-corrected chi connectivity index (χ0v) is 14.9. The minimum absolute atomic E-state index is 0.0862. The summed E-state index contributed by atoms with van der Waals surface area (Å²) in [4.78, 5) is 26.3. The summed E-state index contributed by atoms with van der Waals surface area (Å²) in [6.45, 7) is -0.249. The molecule has 3 aromatic rings. The van der Waals surface area contributed by atoms with Gasteiger partial charge in [0.25, 0.3) is 11.6 Å². The number of nitro benzene ring substituents is 1. The van der Waals surface area contributed by atoms with Crippen LogP contribution in [0, 0.1) is 10.1 Å². The molecule has 10 heteroatoms. The van der Waals surface area contributed by atoms with Crippen LogP contribution in [0.3, 0.4) is 0 Å². The van der Waals surface area contributed by atoms with Crippen molar-refractivity contribution < 1.29 is 28.5 Å². The lowest BCUT2D eigenvalue weighted by Gasteiger charge is -2.07. The van der Waals surface area contributed by atoms with Gasteiger partial charge < -0.3 is 18.7 Å². The van der Waals surface area contributed by atoms with Gasteiger partial charge in [0.05, 0.1) is 30.3 Å². The van der Waals surface area contributed by atoms with Crippen LogP contribution in [0.25, 0.3) is 11.4 Å². The Morgan fingerprint density at radius 2 is 1.89 bits per heavy atom. The number of carbonyl (C=O) groups excluding carboxylic acids is 1. The first-order valence-corrected chi connectivity index (χ1v) is 7.98. The molecule has 28 heavy (non-hydrogen) atoms. The molecule has 0 N–H and O–H groups in total. The molecule has 0 bridgehead atoms. The average molecular weight is 385 g/mol. The van der Waals surface area contributed by atoms with Crippen molar-refractivity contribution in [3.05, 3.63) is 64.0 Å². The molecule has 2 aromatic carbocycles. The standard InChI is InChI=1S/C18H15N3O7/c1-25-13-7-8-14(15(9-13)26-2)17-19-16(28-20-17)10-27-18(22)11-3-5-12(6-4-11)21(23)24/h3-9H,10H2,1-2H3. The highest BCUT2D eigenvalue weighted by Crippen LogP contribution is 2.31. The van der Waals surface area contributed by atoms with Crippen LogP contribution in [0.15, 0.2) is 47.0 Å². The van der Waals surface area contributed by atoms with E-state index in [9.17, 15) is 14.9 Å². The summed E-state index contributed by atoms with van der Waals surface area (Å²) in [5.41, 5.74) is 0.633. The molecule has 0 fully saturated rings. The number of hydrogen-bond acceptors (Lipinski definition) is 9. The van der Waals surface area contributed by atoms with Crippen LogP contribution in [-0.2, 0) is 11.3 Å². The molecular weight excluding hydrogens is 370 g/mol. The van der Waals surface area contributed by atoms with Crippen LogP contribution in [0.2, 0.25) is 0 Å². The van der Waals surface area contributed by atoms with Gasteiger partial charge in [-0.3, -0.25) is 10.1 Å². The lowest BCUT2D eigenvalue weighted by Crippen LogP contribution is -2.05. The van der Waals surface area contributed by atoms with Gasteiger partial charge in [0, 0.05) is 18.2 Å². The normalized spacial score (nSPS) is 10.4. The van der Waals surface area contributed by atoms with Crippen molar-refractivity contribution in [2.75, 3.05) is 14.2 Å². The fraction of sp³-hybridized carbons (Fsp3) is 0.167. The van der Waals surface area contributed by atoms with E-state index in [1.807, 2.05) is 0 Å². The van der Waals surface area contributed by atoms with E-state index in [-0.39, 0.29) is 29.6 Å². The maximum absolute atomic E-state index is 12.0. The number of carbonyl (C=O) groups is 1. The summed E-state index contributed by atoms with van der Waals surface area (Å²) in [7, 11) is 3.05. The van der Waals surface area contributed by atoms with E-state index in [1.165, 1.54) is 31.4 Å². The number of ether oxygens (including phenoxy) is 3. The van der Waals surface area contributed by atoms with Crippen molar-refractivity contribution >= 4 is 11.7 Å². The van der Waals surface area contributed by atoms with Gasteiger partial charge in [-0.1, -0.05) is 5.16 Å². The smallest absolute Gasteiger partial charge is 0.338 e. The van der Waals surface area contributed by atoms with Crippen molar-refractivity contribution in [3.8, 4) is 22.9 Å². The molecule has 0 aliphatic rings. The number of non-ortho nitro benzene ring substituents is 1. The Balaban J connectivity index is 1.68. The Hall–Kier alpha value is -3.95. The number of rotatable bonds is 7. The highest BCUT2D eigenvalue weighted by Gasteiger charge is 2.16. The van der Waals surface area contributed by atoms with Crippen molar-refractivity contribution in [2.24, 2.45) is 0 Å². The van der Waals surface area contributed by atoms with Crippen LogP contribution in [0.1, 0.15) is 16.2 Å². The van der Waals surface area contributed by atoms with Gasteiger partial charge in [-0.25, -0.2) is 4.79 Å². The molecule has 10 nitrogen and oxygen atoms in total. The largest absolute Gasteiger partial charge is 0.497 e. The second-order valence-electron chi connectivity index (χ2n) is 5.46. The van der Waals surface area contributed by atoms with Crippen LogP contribution in [0.4, 0.5) is 5.69 Å². The summed E-state index contributed by atoms with van der Waals surface area (Å²) in [6.07, 6.45) is 0. The highest BCUT2D eigenvalue weighted by molar-refractivity contribution is 5.89. The number of aromatic nitrogens is 2. The molecule has 3 rings (SSSR count). The van der Waals surface area contributed by atoms with E-state index in [1.54, 1.807) is 25.3 Å². The Morgan fingerprint density at radius 3 is 2.54 bits per heavy atom. The van der Waals surface area contributed by atoms with E-state index in [0.29, 0.717) is 17.1 Å². The molecule has 0 atom stereocenters. The van der Waals surface area contributed by atoms with Crippen molar-refractivity contribution in [2.45, 2.75) is 6.61 Å². The predicted molar refractivity (Wildman–Crippen MR) is 95.1 cm³/mol. The van der Waals surface area contributed by atoms with E-state index < -0.39 is 10.9 Å². The van der Waals surface area contributed by atoms with E-state index in [0.717, 1.165) is 0 Å². The summed E-state index contributed by atoms with van der Waals surface area (Å²) < 4.78 is 20.6. The van der Waals surface area contributed by atoms with Gasteiger partial charge in [0.15, 0.2) is 6.61 Å². The zero-order valence-electron chi connectivity index (χ0n) is 14.9. The first kappa shape index (κ1) is 18.8. The molecule has 1 aromatic heterocycles. The van der Waals surface area contributed by atoms with Crippen molar-refractivity contribution in [1.82, 2.24) is 10.1 Å². The number of nitro groups is 1. The van der Waals surface area contributed by atoms with Gasteiger partial charge in [-0.2, -0.15) is 4.98 Å². The third-order valence-corrected chi connectivity index (χ3v) is 3.76.